The maximum absolute atomic E-state index is 13.4. The van der Waals surface area contributed by atoms with Crippen molar-refractivity contribution in [2.75, 3.05) is 23.7 Å². The normalized spacial score (nSPS) is 19.8. The Morgan fingerprint density at radius 1 is 1.45 bits per heavy atom. The molecule has 6 heteroatoms. The second-order valence-corrected chi connectivity index (χ2v) is 7.29. The van der Waals surface area contributed by atoms with E-state index in [-0.39, 0.29) is 16.4 Å². The van der Waals surface area contributed by atoms with Crippen molar-refractivity contribution in [1.29, 1.82) is 0 Å². The fourth-order valence-electron chi connectivity index (χ4n) is 2.30. The Balaban J connectivity index is 2.32. The molecule has 1 fully saturated rings. The summed E-state index contributed by atoms with van der Waals surface area (Å²) in [4.78, 5) is 2.18. The molecule has 110 valence electrons. The van der Waals surface area contributed by atoms with Crippen LogP contribution in [-0.2, 0) is 0 Å². The van der Waals surface area contributed by atoms with Crippen LogP contribution in [0.1, 0.15) is 25.8 Å². The first kappa shape index (κ1) is 15.0. The molecule has 0 aromatic heterocycles. The highest BCUT2D eigenvalue weighted by Crippen LogP contribution is 2.33. The molecule has 20 heavy (non-hydrogen) atoms. The third-order valence-corrected chi connectivity index (χ3v) is 4.89. The molecule has 1 aliphatic heterocycles. The molecule has 1 aliphatic rings. The molecule has 0 radical (unpaired) electrons. The Morgan fingerprint density at radius 2 is 2.20 bits per heavy atom. The number of oxime groups is 1. The maximum Gasteiger partial charge on any atom is 0.172 e. The summed E-state index contributed by atoms with van der Waals surface area (Å²) in [6.45, 7) is 6.20. The predicted molar refractivity (Wildman–Crippen MR) is 82.3 cm³/mol. The quantitative estimate of drug-likeness (QED) is 0.381. The molecule has 4 nitrogen and oxygen atoms in total. The van der Waals surface area contributed by atoms with E-state index in [4.69, 9.17) is 10.9 Å². The van der Waals surface area contributed by atoms with Gasteiger partial charge in [0.25, 0.3) is 0 Å². The summed E-state index contributed by atoms with van der Waals surface area (Å²) in [7, 11) is 0. The number of halogens is 1. The molecule has 0 atom stereocenters. The van der Waals surface area contributed by atoms with Crippen molar-refractivity contribution in [2.24, 2.45) is 10.9 Å². The van der Waals surface area contributed by atoms with Crippen LogP contribution in [0.15, 0.2) is 23.4 Å². The number of benzene rings is 1. The first-order valence-electron chi connectivity index (χ1n) is 6.59. The standard InChI is InChI=1S/C14H20FN3OS/c1-14(2)5-6-18(7-8-20-14)12-4-3-10(15)9-11(12)13(16)17-19/h3-4,9,19H,5-8H2,1-2H3,(H2,16,17). The van der Waals surface area contributed by atoms with Crippen LogP contribution in [0.3, 0.4) is 0 Å². The van der Waals surface area contributed by atoms with Crippen molar-refractivity contribution in [3.05, 3.63) is 29.6 Å². The number of anilines is 1. The van der Waals surface area contributed by atoms with E-state index >= 15 is 0 Å². The Kier molecular flexibility index (Phi) is 4.42. The van der Waals surface area contributed by atoms with E-state index in [1.54, 1.807) is 6.07 Å². The van der Waals surface area contributed by atoms with Crippen LogP contribution in [0, 0.1) is 5.82 Å². The molecular formula is C14H20FN3OS. The highest BCUT2D eigenvalue weighted by atomic mass is 32.2. The fourth-order valence-corrected chi connectivity index (χ4v) is 3.40. The smallest absolute Gasteiger partial charge is 0.172 e. The number of hydrogen-bond acceptors (Lipinski definition) is 4. The zero-order chi connectivity index (χ0) is 14.8. The number of amidine groups is 1. The van der Waals surface area contributed by atoms with Crippen molar-refractivity contribution in [3.63, 3.8) is 0 Å². The van der Waals surface area contributed by atoms with E-state index in [0.717, 1.165) is 31.0 Å². The van der Waals surface area contributed by atoms with Crippen molar-refractivity contribution in [2.45, 2.75) is 25.0 Å². The third-order valence-electron chi connectivity index (χ3n) is 3.52. The minimum absolute atomic E-state index is 0.0596. The molecule has 0 aliphatic carbocycles. The van der Waals surface area contributed by atoms with Crippen molar-refractivity contribution in [1.82, 2.24) is 0 Å². The van der Waals surface area contributed by atoms with Gasteiger partial charge in [-0.25, -0.2) is 4.39 Å². The van der Waals surface area contributed by atoms with Gasteiger partial charge < -0.3 is 15.8 Å². The van der Waals surface area contributed by atoms with Crippen molar-refractivity contribution in [3.8, 4) is 0 Å². The largest absolute Gasteiger partial charge is 0.409 e. The zero-order valence-corrected chi connectivity index (χ0v) is 12.6. The molecule has 1 heterocycles. The van der Waals surface area contributed by atoms with E-state index in [1.807, 2.05) is 11.8 Å². The highest BCUT2D eigenvalue weighted by molar-refractivity contribution is 8.00. The van der Waals surface area contributed by atoms with Gasteiger partial charge in [0.05, 0.1) is 0 Å². The van der Waals surface area contributed by atoms with E-state index in [1.165, 1.54) is 12.1 Å². The number of rotatable bonds is 2. The molecule has 1 aromatic rings. The second-order valence-electron chi connectivity index (χ2n) is 5.49. The fraction of sp³-hybridized carbons (Fsp3) is 0.500. The Bertz CT molecular complexity index is 519. The molecule has 0 amide bonds. The van der Waals surface area contributed by atoms with Gasteiger partial charge in [0.1, 0.15) is 5.82 Å². The van der Waals surface area contributed by atoms with Gasteiger partial charge in [-0.05, 0) is 24.6 Å². The van der Waals surface area contributed by atoms with Gasteiger partial charge in [-0.15, -0.1) is 0 Å². The third kappa shape index (κ3) is 3.36. The maximum atomic E-state index is 13.4. The van der Waals surface area contributed by atoms with E-state index in [9.17, 15) is 4.39 Å². The van der Waals surface area contributed by atoms with Crippen LogP contribution in [-0.4, -0.2) is 34.6 Å². The van der Waals surface area contributed by atoms with Gasteiger partial charge in [0.2, 0.25) is 0 Å². The number of hydrogen-bond donors (Lipinski definition) is 2. The minimum atomic E-state index is -0.389. The van der Waals surface area contributed by atoms with Gasteiger partial charge in [-0.3, -0.25) is 0 Å². The van der Waals surface area contributed by atoms with Crippen LogP contribution < -0.4 is 10.6 Å². The lowest BCUT2D eigenvalue weighted by atomic mass is 10.1. The second kappa shape index (κ2) is 5.91. The van der Waals surface area contributed by atoms with Crippen LogP contribution in [0.25, 0.3) is 0 Å². The Labute approximate surface area is 122 Å². The lowest BCUT2D eigenvalue weighted by Gasteiger charge is -2.26. The Morgan fingerprint density at radius 3 is 2.90 bits per heavy atom. The zero-order valence-electron chi connectivity index (χ0n) is 11.8. The van der Waals surface area contributed by atoms with Gasteiger partial charge in [-0.2, -0.15) is 11.8 Å². The summed E-state index contributed by atoms with van der Waals surface area (Å²) in [5, 5.41) is 11.9. The molecular weight excluding hydrogens is 277 g/mol. The number of thioether (sulfide) groups is 1. The first-order valence-corrected chi connectivity index (χ1v) is 7.58. The molecule has 3 N–H and O–H groups in total. The number of nitrogens with zero attached hydrogens (tertiary/aromatic N) is 2. The van der Waals surface area contributed by atoms with Gasteiger partial charge in [-0.1, -0.05) is 19.0 Å². The van der Waals surface area contributed by atoms with Crippen molar-refractivity contribution < 1.29 is 9.60 Å². The monoisotopic (exact) mass is 297 g/mol. The SMILES string of the molecule is CC1(C)CCN(c2ccc(F)cc2/C(N)=N/O)CCS1. The van der Waals surface area contributed by atoms with Gasteiger partial charge in [0.15, 0.2) is 5.84 Å². The minimum Gasteiger partial charge on any atom is -0.409 e. The van der Waals surface area contributed by atoms with Gasteiger partial charge >= 0.3 is 0 Å². The number of nitrogens with two attached hydrogens (primary N) is 1. The molecule has 0 bridgehead atoms. The average molecular weight is 297 g/mol. The summed E-state index contributed by atoms with van der Waals surface area (Å²) in [5.74, 6) is 0.551. The Hall–Kier alpha value is -1.43. The van der Waals surface area contributed by atoms with E-state index < -0.39 is 0 Å². The summed E-state index contributed by atoms with van der Waals surface area (Å²) >= 11 is 1.94. The molecule has 1 aromatic carbocycles. The summed E-state index contributed by atoms with van der Waals surface area (Å²) < 4.78 is 13.6. The summed E-state index contributed by atoms with van der Waals surface area (Å²) in [6.07, 6.45) is 1.03. The van der Waals surface area contributed by atoms with Crippen LogP contribution >= 0.6 is 11.8 Å². The molecule has 1 saturated heterocycles. The van der Waals surface area contributed by atoms with Gasteiger partial charge in [0, 0.05) is 34.8 Å². The summed E-state index contributed by atoms with van der Waals surface area (Å²) in [5.41, 5.74) is 6.93. The van der Waals surface area contributed by atoms with E-state index in [0.29, 0.717) is 5.56 Å². The molecule has 0 saturated carbocycles. The lowest BCUT2D eigenvalue weighted by molar-refractivity contribution is 0.318. The first-order chi connectivity index (χ1) is 9.43. The lowest BCUT2D eigenvalue weighted by Crippen LogP contribution is -2.29. The van der Waals surface area contributed by atoms with E-state index in [2.05, 4.69) is 23.9 Å². The molecule has 2 rings (SSSR count). The summed E-state index contributed by atoms with van der Waals surface area (Å²) in [6, 6.07) is 4.42. The van der Waals surface area contributed by atoms with Crippen LogP contribution in [0.4, 0.5) is 10.1 Å². The van der Waals surface area contributed by atoms with Crippen LogP contribution in [0.2, 0.25) is 0 Å². The average Bonchev–Trinajstić information content (AvgIpc) is 2.59. The van der Waals surface area contributed by atoms with Crippen molar-refractivity contribution >= 4 is 23.3 Å². The highest BCUT2D eigenvalue weighted by Gasteiger charge is 2.25. The predicted octanol–water partition coefficient (Wildman–Crippen LogP) is 2.64. The molecule has 0 spiro atoms. The molecule has 0 unspecified atom stereocenters. The van der Waals surface area contributed by atoms with Crippen LogP contribution in [0.5, 0.6) is 0 Å². The topological polar surface area (TPSA) is 61.8 Å².